The van der Waals surface area contributed by atoms with Gasteiger partial charge in [-0.25, -0.2) is 9.07 Å². The molecule has 130 valence electrons. The van der Waals surface area contributed by atoms with Crippen molar-refractivity contribution in [2.75, 3.05) is 10.6 Å². The summed E-state index contributed by atoms with van der Waals surface area (Å²) in [6.07, 6.45) is 4.53. The van der Waals surface area contributed by atoms with Gasteiger partial charge in [0.2, 0.25) is 5.95 Å². The van der Waals surface area contributed by atoms with E-state index in [2.05, 4.69) is 25.7 Å². The highest BCUT2D eigenvalue weighted by molar-refractivity contribution is 6.05. The normalized spacial score (nSPS) is 16.0. The van der Waals surface area contributed by atoms with Crippen molar-refractivity contribution in [3.63, 3.8) is 0 Å². The van der Waals surface area contributed by atoms with Gasteiger partial charge in [0, 0.05) is 17.5 Å². The number of fused-ring (bicyclic) bond motifs is 1. The van der Waals surface area contributed by atoms with E-state index in [1.165, 1.54) is 17.1 Å². The number of hydrogen-bond acceptors (Lipinski definition) is 5. The number of pyridine rings is 1. The molecule has 0 radical (unpaired) electrons. The van der Waals surface area contributed by atoms with Crippen molar-refractivity contribution in [1.82, 2.24) is 19.7 Å². The van der Waals surface area contributed by atoms with Gasteiger partial charge >= 0.3 is 0 Å². The molecule has 4 rings (SSSR count). The van der Waals surface area contributed by atoms with Crippen LogP contribution in [0.4, 0.5) is 16.0 Å². The molecule has 0 spiro atoms. The highest BCUT2D eigenvalue weighted by Gasteiger charge is 2.34. The second kappa shape index (κ2) is 6.40. The van der Waals surface area contributed by atoms with Crippen LogP contribution < -0.4 is 10.6 Å². The monoisotopic (exact) mass is 350 g/mol. The highest BCUT2D eigenvalue weighted by Crippen LogP contribution is 2.36. The maximum Gasteiger partial charge on any atom is 0.255 e. The zero-order valence-corrected chi connectivity index (χ0v) is 13.8. The van der Waals surface area contributed by atoms with Crippen LogP contribution in [0.3, 0.4) is 0 Å². The Kier molecular flexibility index (Phi) is 3.92. The van der Waals surface area contributed by atoms with Crippen LogP contribution in [0.25, 0.3) is 0 Å². The molecule has 3 aromatic rings. The van der Waals surface area contributed by atoms with E-state index in [-0.39, 0.29) is 5.91 Å². The lowest BCUT2D eigenvalue weighted by atomic mass is 9.94. The van der Waals surface area contributed by atoms with Crippen molar-refractivity contribution < 1.29 is 9.18 Å². The summed E-state index contributed by atoms with van der Waals surface area (Å²) in [5.41, 5.74) is 1.84. The van der Waals surface area contributed by atoms with Crippen molar-refractivity contribution in [2.24, 2.45) is 0 Å². The quantitative estimate of drug-likeness (QED) is 0.759. The molecule has 1 aromatic carbocycles. The molecule has 1 aliphatic heterocycles. The van der Waals surface area contributed by atoms with Crippen LogP contribution >= 0.6 is 0 Å². The second-order valence-corrected chi connectivity index (χ2v) is 5.81. The fraction of sp³-hybridized carbons (Fsp3) is 0.111. The average molecular weight is 350 g/mol. The number of carbonyl (C=O) groups is 1. The fourth-order valence-corrected chi connectivity index (χ4v) is 3.00. The number of rotatable bonds is 3. The van der Waals surface area contributed by atoms with Crippen molar-refractivity contribution in [1.29, 1.82) is 0 Å². The van der Waals surface area contributed by atoms with Crippen molar-refractivity contribution in [3.05, 3.63) is 77.8 Å². The third-order valence-corrected chi connectivity index (χ3v) is 4.16. The maximum absolute atomic E-state index is 14.5. The molecule has 1 aliphatic rings. The van der Waals surface area contributed by atoms with Crippen molar-refractivity contribution in [2.45, 2.75) is 13.0 Å². The second-order valence-electron chi connectivity index (χ2n) is 5.81. The van der Waals surface area contributed by atoms with Gasteiger partial charge in [-0.3, -0.25) is 9.78 Å². The minimum absolute atomic E-state index is 0.344. The summed E-state index contributed by atoms with van der Waals surface area (Å²) in [5.74, 6) is -0.327. The van der Waals surface area contributed by atoms with Gasteiger partial charge in [0.25, 0.3) is 5.91 Å². The molecule has 0 saturated heterocycles. The number of carbonyl (C=O) groups excluding carboxylic acids is 1. The summed E-state index contributed by atoms with van der Waals surface area (Å²) >= 11 is 0. The van der Waals surface area contributed by atoms with Crippen LogP contribution in [0.5, 0.6) is 0 Å². The predicted octanol–water partition coefficient (Wildman–Crippen LogP) is 2.74. The molecular weight excluding hydrogens is 335 g/mol. The fourth-order valence-electron chi connectivity index (χ4n) is 3.00. The topological polar surface area (TPSA) is 84.7 Å². The molecule has 2 aromatic heterocycles. The largest absolute Gasteiger partial charge is 0.328 e. The van der Waals surface area contributed by atoms with Crippen LogP contribution in [0.2, 0.25) is 0 Å². The van der Waals surface area contributed by atoms with E-state index in [0.717, 1.165) is 0 Å². The molecule has 26 heavy (non-hydrogen) atoms. The average Bonchev–Trinajstić information content (AvgIpc) is 3.10. The van der Waals surface area contributed by atoms with Crippen molar-refractivity contribution >= 4 is 17.5 Å². The number of nitrogens with zero attached hydrogens (tertiary/aromatic N) is 4. The van der Waals surface area contributed by atoms with Gasteiger partial charge in [-0.05, 0) is 25.1 Å². The summed E-state index contributed by atoms with van der Waals surface area (Å²) in [6.45, 7) is 1.75. The summed E-state index contributed by atoms with van der Waals surface area (Å²) in [7, 11) is 0. The highest BCUT2D eigenvalue weighted by atomic mass is 19.1. The Labute approximate surface area is 148 Å². The minimum Gasteiger partial charge on any atom is -0.328 e. The number of nitrogens with one attached hydrogen (secondary N) is 2. The lowest BCUT2D eigenvalue weighted by Crippen LogP contribution is -2.32. The zero-order valence-electron chi connectivity index (χ0n) is 13.8. The smallest absolute Gasteiger partial charge is 0.255 e. The van der Waals surface area contributed by atoms with E-state index in [9.17, 15) is 9.18 Å². The van der Waals surface area contributed by atoms with E-state index >= 15 is 0 Å². The van der Waals surface area contributed by atoms with Gasteiger partial charge in [-0.2, -0.15) is 10.1 Å². The number of halogens is 1. The van der Waals surface area contributed by atoms with Gasteiger partial charge in [-0.15, -0.1) is 0 Å². The lowest BCUT2D eigenvalue weighted by Gasteiger charge is -2.28. The predicted molar refractivity (Wildman–Crippen MR) is 93.8 cm³/mol. The Balaban J connectivity index is 1.80. The van der Waals surface area contributed by atoms with Gasteiger partial charge in [0.1, 0.15) is 18.2 Å². The van der Waals surface area contributed by atoms with Crippen LogP contribution in [0, 0.1) is 5.82 Å². The Morgan fingerprint density at radius 1 is 1.27 bits per heavy atom. The molecule has 0 saturated carbocycles. The van der Waals surface area contributed by atoms with E-state index in [1.54, 1.807) is 49.6 Å². The first-order valence-corrected chi connectivity index (χ1v) is 7.98. The van der Waals surface area contributed by atoms with Crippen LogP contribution in [-0.4, -0.2) is 25.7 Å². The van der Waals surface area contributed by atoms with Crippen molar-refractivity contribution in [3.8, 4) is 0 Å². The van der Waals surface area contributed by atoms with E-state index in [0.29, 0.717) is 28.5 Å². The Bertz CT molecular complexity index is 998. The standard InChI is InChI=1S/C18H15FN6O/c1-11-15(17(26)24-12-5-4-8-20-9-12)16(13-6-2-3-7-14(13)19)25-18(23-11)21-10-22-25/h2-10,16H,1H3,(H,24,26)(H,21,22,23)/t16-/m0/s1. The SMILES string of the molecule is CC1=C(C(=O)Nc2cccnc2)[C@H](c2ccccc2F)n2ncnc2N1. The van der Waals surface area contributed by atoms with Crippen LogP contribution in [0.1, 0.15) is 18.5 Å². The maximum atomic E-state index is 14.5. The molecule has 3 heterocycles. The third-order valence-electron chi connectivity index (χ3n) is 4.16. The van der Waals surface area contributed by atoms with Gasteiger partial charge in [0.05, 0.1) is 17.5 Å². The first-order valence-electron chi connectivity index (χ1n) is 7.98. The Morgan fingerprint density at radius 2 is 2.12 bits per heavy atom. The first kappa shape index (κ1) is 15.9. The molecule has 0 aliphatic carbocycles. The number of anilines is 2. The molecule has 0 unspecified atom stereocenters. The number of hydrogen-bond donors (Lipinski definition) is 2. The number of amides is 1. The summed E-state index contributed by atoms with van der Waals surface area (Å²) in [5, 5.41) is 10.0. The first-order chi connectivity index (χ1) is 12.6. The Hall–Kier alpha value is -3.55. The molecule has 1 amide bonds. The Morgan fingerprint density at radius 3 is 2.88 bits per heavy atom. The van der Waals surface area contributed by atoms with Gasteiger partial charge in [-0.1, -0.05) is 18.2 Å². The van der Waals surface area contributed by atoms with E-state index in [1.807, 2.05) is 0 Å². The van der Waals surface area contributed by atoms with E-state index in [4.69, 9.17) is 0 Å². The van der Waals surface area contributed by atoms with Gasteiger partial charge < -0.3 is 10.6 Å². The summed E-state index contributed by atoms with van der Waals surface area (Å²) in [6, 6.07) is 9.06. The molecule has 1 atom stereocenters. The molecule has 2 N–H and O–H groups in total. The summed E-state index contributed by atoms with van der Waals surface area (Å²) in [4.78, 5) is 21.1. The van der Waals surface area contributed by atoms with E-state index < -0.39 is 11.9 Å². The van der Waals surface area contributed by atoms with Crippen LogP contribution in [-0.2, 0) is 4.79 Å². The molecule has 7 nitrogen and oxygen atoms in total. The number of aromatic nitrogens is 4. The molecule has 0 fully saturated rings. The molecular formula is C18H15FN6O. The van der Waals surface area contributed by atoms with Gasteiger partial charge in [0.15, 0.2) is 0 Å². The number of allylic oxidation sites excluding steroid dienone is 1. The molecule has 8 heteroatoms. The minimum atomic E-state index is -0.730. The van der Waals surface area contributed by atoms with Crippen LogP contribution in [0.15, 0.2) is 66.4 Å². The lowest BCUT2D eigenvalue weighted by molar-refractivity contribution is -0.113. The third kappa shape index (κ3) is 2.71. The number of benzene rings is 1. The zero-order chi connectivity index (χ0) is 18.1. The summed E-state index contributed by atoms with van der Waals surface area (Å²) < 4.78 is 16.0. The molecule has 0 bridgehead atoms.